The highest BCUT2D eigenvalue weighted by Crippen LogP contribution is 2.42. The minimum absolute atomic E-state index is 0.0594. The average molecular weight is 382 g/mol. The number of nitrogens with zero attached hydrogens (tertiary/aromatic N) is 3. The number of hydrogen-bond acceptors (Lipinski definition) is 4. The summed E-state index contributed by atoms with van der Waals surface area (Å²) < 4.78 is 46.6. The standard InChI is InChI=1S/C19H25F3N4O/c1-11-12(2)24-17-9-15(13-3-5-14(6-4-13)19(20,21)22)25-26(17)18(11)16-10-23-7-8-27-16/h9,13-14,16,23H,3-8,10H2,1-2H3/t13?,14?,16-/m1/s1. The first-order valence-corrected chi connectivity index (χ1v) is 9.60. The number of morpholine rings is 1. The third-order valence-electron chi connectivity index (χ3n) is 5.99. The Hall–Kier alpha value is -1.67. The van der Waals surface area contributed by atoms with Crippen LogP contribution in [-0.4, -0.2) is 40.5 Å². The highest BCUT2D eigenvalue weighted by atomic mass is 19.4. The molecule has 8 heteroatoms. The molecule has 0 bridgehead atoms. The zero-order valence-corrected chi connectivity index (χ0v) is 15.6. The van der Waals surface area contributed by atoms with Gasteiger partial charge in [-0.3, -0.25) is 0 Å². The van der Waals surface area contributed by atoms with E-state index in [0.29, 0.717) is 26.0 Å². The van der Waals surface area contributed by atoms with E-state index in [2.05, 4.69) is 10.3 Å². The largest absolute Gasteiger partial charge is 0.391 e. The first-order valence-electron chi connectivity index (χ1n) is 9.60. The van der Waals surface area contributed by atoms with Crippen molar-refractivity contribution in [1.29, 1.82) is 0 Å². The van der Waals surface area contributed by atoms with Gasteiger partial charge in [0.25, 0.3) is 0 Å². The summed E-state index contributed by atoms with van der Waals surface area (Å²) >= 11 is 0. The van der Waals surface area contributed by atoms with Gasteiger partial charge >= 0.3 is 6.18 Å². The summed E-state index contributed by atoms with van der Waals surface area (Å²) in [6.07, 6.45) is -2.80. The molecule has 0 aromatic carbocycles. The van der Waals surface area contributed by atoms with Crippen LogP contribution >= 0.6 is 0 Å². The van der Waals surface area contributed by atoms with E-state index in [0.717, 1.165) is 34.8 Å². The lowest BCUT2D eigenvalue weighted by Crippen LogP contribution is -2.35. The Bertz CT molecular complexity index is 818. The number of rotatable bonds is 2. The minimum Gasteiger partial charge on any atom is -0.369 e. The molecule has 27 heavy (non-hydrogen) atoms. The number of halogens is 3. The summed E-state index contributed by atoms with van der Waals surface area (Å²) in [5.41, 5.74) is 4.55. The second-order valence-electron chi connectivity index (χ2n) is 7.70. The maximum Gasteiger partial charge on any atom is 0.391 e. The van der Waals surface area contributed by atoms with Crippen LogP contribution in [0.15, 0.2) is 6.07 Å². The first kappa shape index (κ1) is 18.7. The van der Waals surface area contributed by atoms with Gasteiger partial charge in [0.2, 0.25) is 0 Å². The number of hydrogen-bond donors (Lipinski definition) is 1. The van der Waals surface area contributed by atoms with Crippen molar-refractivity contribution in [3.63, 3.8) is 0 Å². The number of fused-ring (bicyclic) bond motifs is 1. The van der Waals surface area contributed by atoms with E-state index >= 15 is 0 Å². The lowest BCUT2D eigenvalue weighted by molar-refractivity contribution is -0.182. The van der Waals surface area contributed by atoms with Crippen molar-refractivity contribution in [3.05, 3.63) is 28.7 Å². The Morgan fingerprint density at radius 3 is 2.56 bits per heavy atom. The fourth-order valence-electron chi connectivity index (χ4n) is 4.28. The highest BCUT2D eigenvalue weighted by Gasteiger charge is 2.42. The summed E-state index contributed by atoms with van der Waals surface area (Å²) in [6.45, 7) is 6.17. The molecule has 4 rings (SSSR count). The van der Waals surface area contributed by atoms with Gasteiger partial charge in [-0.25, -0.2) is 9.50 Å². The molecule has 0 spiro atoms. The smallest absolute Gasteiger partial charge is 0.369 e. The van der Waals surface area contributed by atoms with Gasteiger partial charge in [0.1, 0.15) is 6.10 Å². The van der Waals surface area contributed by atoms with Crippen LogP contribution in [0.2, 0.25) is 0 Å². The minimum atomic E-state index is -4.09. The van der Waals surface area contributed by atoms with Crippen LogP contribution in [0.4, 0.5) is 13.2 Å². The van der Waals surface area contributed by atoms with Crippen LogP contribution in [0.1, 0.15) is 60.4 Å². The van der Waals surface area contributed by atoms with E-state index in [-0.39, 0.29) is 24.9 Å². The fraction of sp³-hybridized carbons (Fsp3) is 0.684. The molecule has 5 nitrogen and oxygen atoms in total. The second kappa shape index (κ2) is 7.05. The summed E-state index contributed by atoms with van der Waals surface area (Å²) in [7, 11) is 0. The van der Waals surface area contributed by atoms with Crippen molar-refractivity contribution < 1.29 is 17.9 Å². The monoisotopic (exact) mass is 382 g/mol. The molecule has 148 valence electrons. The zero-order chi connectivity index (χ0) is 19.2. The maximum absolute atomic E-state index is 12.9. The van der Waals surface area contributed by atoms with Crippen molar-refractivity contribution in [2.75, 3.05) is 19.7 Å². The molecule has 3 heterocycles. The van der Waals surface area contributed by atoms with E-state index in [9.17, 15) is 13.2 Å². The topological polar surface area (TPSA) is 51.5 Å². The van der Waals surface area contributed by atoms with Crippen molar-refractivity contribution in [2.24, 2.45) is 5.92 Å². The summed E-state index contributed by atoms with van der Waals surface area (Å²) in [6, 6.07) is 1.94. The summed E-state index contributed by atoms with van der Waals surface area (Å²) in [5.74, 6) is -1.12. The fourth-order valence-corrected chi connectivity index (χ4v) is 4.28. The van der Waals surface area contributed by atoms with Gasteiger partial charge in [-0.05, 0) is 45.1 Å². The molecule has 1 aliphatic heterocycles. The molecule has 0 amide bonds. The maximum atomic E-state index is 12.9. The Morgan fingerprint density at radius 2 is 1.93 bits per heavy atom. The lowest BCUT2D eigenvalue weighted by Gasteiger charge is -2.28. The third kappa shape index (κ3) is 3.57. The van der Waals surface area contributed by atoms with E-state index in [1.165, 1.54) is 0 Å². The number of nitrogens with one attached hydrogen (secondary N) is 1. The molecule has 2 aliphatic rings. The SMILES string of the molecule is Cc1nc2cc(C3CCC(C(F)(F)F)CC3)nn2c([C@H]2CNCCO2)c1C. The number of aryl methyl sites for hydroxylation is 1. The van der Waals surface area contributed by atoms with Crippen molar-refractivity contribution >= 4 is 5.65 Å². The summed E-state index contributed by atoms with van der Waals surface area (Å²) in [5, 5.41) is 8.11. The van der Waals surface area contributed by atoms with Crippen LogP contribution in [0.5, 0.6) is 0 Å². The molecule has 1 atom stereocenters. The third-order valence-corrected chi connectivity index (χ3v) is 5.99. The van der Waals surface area contributed by atoms with E-state index < -0.39 is 12.1 Å². The molecular formula is C19H25F3N4O. The lowest BCUT2D eigenvalue weighted by atomic mass is 9.80. The molecule has 1 saturated heterocycles. The predicted molar refractivity (Wildman–Crippen MR) is 94.8 cm³/mol. The molecule has 1 saturated carbocycles. The van der Waals surface area contributed by atoms with Crippen molar-refractivity contribution in [1.82, 2.24) is 19.9 Å². The molecule has 1 N–H and O–H groups in total. The van der Waals surface area contributed by atoms with Crippen LogP contribution < -0.4 is 5.32 Å². The molecular weight excluding hydrogens is 357 g/mol. The second-order valence-corrected chi connectivity index (χ2v) is 7.70. The number of aromatic nitrogens is 3. The molecule has 1 aliphatic carbocycles. The van der Waals surface area contributed by atoms with Crippen molar-refractivity contribution in [3.8, 4) is 0 Å². The Labute approximate surface area is 156 Å². The van der Waals surface area contributed by atoms with Gasteiger partial charge in [-0.2, -0.15) is 18.3 Å². The van der Waals surface area contributed by atoms with Crippen LogP contribution in [0, 0.1) is 19.8 Å². The average Bonchev–Trinajstić information content (AvgIpc) is 3.06. The van der Waals surface area contributed by atoms with Crippen LogP contribution in [0.25, 0.3) is 5.65 Å². The van der Waals surface area contributed by atoms with Gasteiger partial charge in [-0.15, -0.1) is 0 Å². The van der Waals surface area contributed by atoms with Crippen LogP contribution in [0.3, 0.4) is 0 Å². The molecule has 2 aromatic heterocycles. The Balaban J connectivity index is 1.64. The van der Waals surface area contributed by atoms with Gasteiger partial charge in [0.15, 0.2) is 5.65 Å². The van der Waals surface area contributed by atoms with Gasteiger partial charge in [0.05, 0.1) is 23.9 Å². The van der Waals surface area contributed by atoms with Gasteiger partial charge in [-0.1, -0.05) is 0 Å². The van der Waals surface area contributed by atoms with Crippen LogP contribution in [-0.2, 0) is 4.74 Å². The predicted octanol–water partition coefficient (Wildman–Crippen LogP) is 3.84. The van der Waals surface area contributed by atoms with E-state index in [1.807, 2.05) is 24.4 Å². The molecule has 2 aromatic rings. The highest BCUT2D eigenvalue weighted by molar-refractivity contribution is 5.46. The Kier molecular flexibility index (Phi) is 4.88. The van der Waals surface area contributed by atoms with Gasteiger partial charge < -0.3 is 10.1 Å². The normalized spacial score (nSPS) is 27.2. The van der Waals surface area contributed by atoms with E-state index in [4.69, 9.17) is 9.84 Å². The van der Waals surface area contributed by atoms with E-state index in [1.54, 1.807) is 0 Å². The number of ether oxygens (including phenoxy) is 1. The Morgan fingerprint density at radius 1 is 1.19 bits per heavy atom. The molecule has 0 unspecified atom stereocenters. The zero-order valence-electron chi connectivity index (χ0n) is 15.6. The first-order chi connectivity index (χ1) is 12.8. The summed E-state index contributed by atoms with van der Waals surface area (Å²) in [4.78, 5) is 4.64. The van der Waals surface area contributed by atoms with Gasteiger partial charge in [0, 0.05) is 30.8 Å². The molecule has 2 fully saturated rings. The quantitative estimate of drug-likeness (QED) is 0.857. The van der Waals surface area contributed by atoms with Crippen molar-refractivity contribution in [2.45, 2.75) is 57.7 Å². The number of alkyl halides is 3. The molecule has 0 radical (unpaired) electrons.